The van der Waals surface area contributed by atoms with Crippen LogP contribution in [0, 0.1) is 0 Å². The number of hydrogen-bond donors (Lipinski definition) is 1. The Morgan fingerprint density at radius 2 is 1.50 bits per heavy atom. The van der Waals surface area contributed by atoms with E-state index in [0.29, 0.717) is 0 Å². The van der Waals surface area contributed by atoms with Gasteiger partial charge in [-0.3, -0.25) is 0 Å². The Labute approximate surface area is 57.0 Å². The van der Waals surface area contributed by atoms with E-state index in [2.05, 4.69) is 6.58 Å². The minimum atomic E-state index is -0.981. The SMILES string of the molecule is C=CC(=O)O.C=O.O=C=O. The van der Waals surface area contributed by atoms with Crippen LogP contribution in [0.2, 0.25) is 0 Å². The predicted molar refractivity (Wildman–Crippen MR) is 30.0 cm³/mol. The van der Waals surface area contributed by atoms with Gasteiger partial charge in [0, 0.05) is 6.08 Å². The molecule has 0 unspecified atom stereocenters. The molecule has 0 saturated heterocycles. The molecule has 0 aliphatic heterocycles. The molecule has 0 rings (SSSR count). The normalized spacial score (nSPS) is 4.40. The highest BCUT2D eigenvalue weighted by molar-refractivity contribution is 5.78. The summed E-state index contributed by atoms with van der Waals surface area (Å²) in [7, 11) is 0. The van der Waals surface area contributed by atoms with Gasteiger partial charge in [-0.2, -0.15) is 9.59 Å². The van der Waals surface area contributed by atoms with E-state index in [9.17, 15) is 4.79 Å². The molecule has 0 saturated carbocycles. The second kappa shape index (κ2) is 26.8. The molecule has 0 aromatic rings. The van der Waals surface area contributed by atoms with Gasteiger partial charge in [-0.25, -0.2) is 4.79 Å². The highest BCUT2D eigenvalue weighted by atomic mass is 16.4. The summed E-state index contributed by atoms with van der Waals surface area (Å²) in [5.74, 6) is -0.981. The maximum atomic E-state index is 9.25. The van der Waals surface area contributed by atoms with Crippen molar-refractivity contribution >= 4 is 18.9 Å². The number of carboxylic acid groups (broad SMARTS) is 1. The number of carbonyl (C=O) groups excluding carboxylic acids is 3. The first kappa shape index (κ1) is 15.7. The third-order valence-corrected chi connectivity index (χ3v) is 0.175. The Balaban J connectivity index is -0.0000000847. The van der Waals surface area contributed by atoms with Crippen LogP contribution in [-0.4, -0.2) is 24.0 Å². The molecule has 0 amide bonds. The van der Waals surface area contributed by atoms with E-state index in [1.54, 1.807) is 0 Å². The van der Waals surface area contributed by atoms with Crippen LogP contribution in [0.3, 0.4) is 0 Å². The van der Waals surface area contributed by atoms with Gasteiger partial charge in [-0.1, -0.05) is 6.58 Å². The molecule has 0 aliphatic carbocycles. The van der Waals surface area contributed by atoms with Gasteiger partial charge in [0.2, 0.25) is 0 Å². The van der Waals surface area contributed by atoms with Gasteiger partial charge >= 0.3 is 12.1 Å². The molecule has 0 aliphatic rings. The van der Waals surface area contributed by atoms with E-state index in [4.69, 9.17) is 19.5 Å². The second-order valence-corrected chi connectivity index (χ2v) is 0.626. The van der Waals surface area contributed by atoms with Crippen molar-refractivity contribution < 1.29 is 24.3 Å². The molecule has 0 aromatic carbocycles. The van der Waals surface area contributed by atoms with Gasteiger partial charge in [-0.05, 0) is 0 Å². The van der Waals surface area contributed by atoms with Gasteiger partial charge in [-0.15, -0.1) is 0 Å². The Bertz CT molecular complexity index is 122. The molecule has 5 heteroatoms. The molecule has 0 aromatic heterocycles. The fourth-order valence-electron chi connectivity index (χ4n) is 0. The number of rotatable bonds is 1. The van der Waals surface area contributed by atoms with Crippen LogP contribution >= 0.6 is 0 Å². The van der Waals surface area contributed by atoms with Crippen LogP contribution in [-0.2, 0) is 19.2 Å². The number of aliphatic carboxylic acids is 1. The van der Waals surface area contributed by atoms with Gasteiger partial charge in [0.15, 0.2) is 0 Å². The second-order valence-electron chi connectivity index (χ2n) is 0.626. The Morgan fingerprint density at radius 1 is 1.40 bits per heavy atom. The summed E-state index contributed by atoms with van der Waals surface area (Å²) >= 11 is 0. The summed E-state index contributed by atoms with van der Waals surface area (Å²) < 4.78 is 0. The average Bonchev–Trinajstić information content (AvgIpc) is 1.94. The van der Waals surface area contributed by atoms with Crippen LogP contribution in [0.5, 0.6) is 0 Å². The molecule has 0 atom stereocenters. The molecule has 5 nitrogen and oxygen atoms in total. The molecular formula is C5H6O5. The van der Waals surface area contributed by atoms with Crippen LogP contribution in [0.25, 0.3) is 0 Å². The summed E-state index contributed by atoms with van der Waals surface area (Å²) in [5, 5.41) is 7.60. The first-order chi connectivity index (χ1) is 4.68. The maximum absolute atomic E-state index is 9.25. The van der Waals surface area contributed by atoms with E-state index < -0.39 is 5.97 Å². The first-order valence-corrected chi connectivity index (χ1v) is 1.82. The van der Waals surface area contributed by atoms with Crippen molar-refractivity contribution in [2.75, 3.05) is 0 Å². The van der Waals surface area contributed by atoms with E-state index >= 15 is 0 Å². The predicted octanol–water partition coefficient (Wildman–Crippen LogP) is -0.511. The van der Waals surface area contributed by atoms with Crippen molar-refractivity contribution in [1.29, 1.82) is 0 Å². The molecule has 0 bridgehead atoms. The lowest BCUT2D eigenvalue weighted by Crippen LogP contribution is -1.82. The topological polar surface area (TPSA) is 88.5 Å². The van der Waals surface area contributed by atoms with Crippen molar-refractivity contribution in [3.63, 3.8) is 0 Å². The van der Waals surface area contributed by atoms with Crippen molar-refractivity contribution in [2.45, 2.75) is 0 Å². The standard InChI is InChI=1S/C3H4O2.CO2.CH2O/c1-2-3(4)5;2-1-3;1-2/h2H,1H2,(H,4,5);;1H2. The average molecular weight is 146 g/mol. The summed E-state index contributed by atoms with van der Waals surface area (Å²) in [6, 6.07) is 0. The van der Waals surface area contributed by atoms with E-state index in [0.717, 1.165) is 6.08 Å². The molecule has 0 heterocycles. The Morgan fingerprint density at radius 3 is 1.50 bits per heavy atom. The highest BCUT2D eigenvalue weighted by Crippen LogP contribution is 1.54. The zero-order valence-electron chi connectivity index (χ0n) is 5.07. The minimum absolute atomic E-state index is 0.250. The lowest BCUT2D eigenvalue weighted by atomic mass is 10.7. The van der Waals surface area contributed by atoms with Crippen LogP contribution < -0.4 is 0 Å². The summed E-state index contributed by atoms with van der Waals surface area (Å²) in [6.45, 7) is 4.96. The number of carbonyl (C=O) groups is 2. The monoisotopic (exact) mass is 146 g/mol. The van der Waals surface area contributed by atoms with Crippen LogP contribution in [0.1, 0.15) is 0 Å². The summed E-state index contributed by atoms with van der Waals surface area (Å²) in [5.41, 5.74) is 0. The molecule has 0 spiro atoms. The summed E-state index contributed by atoms with van der Waals surface area (Å²) in [6.07, 6.45) is 1.08. The third-order valence-electron chi connectivity index (χ3n) is 0.175. The summed E-state index contributed by atoms with van der Waals surface area (Å²) in [4.78, 5) is 33.5. The van der Waals surface area contributed by atoms with E-state index in [-0.39, 0.29) is 6.15 Å². The quantitative estimate of drug-likeness (QED) is 0.503. The molecule has 1 N–H and O–H groups in total. The van der Waals surface area contributed by atoms with Crippen molar-refractivity contribution in [3.8, 4) is 0 Å². The van der Waals surface area contributed by atoms with Gasteiger partial charge in [0.05, 0.1) is 0 Å². The minimum Gasteiger partial charge on any atom is -0.478 e. The zero-order valence-corrected chi connectivity index (χ0v) is 5.07. The Kier molecular flexibility index (Phi) is 42.1. The lowest BCUT2D eigenvalue weighted by Gasteiger charge is -1.64. The van der Waals surface area contributed by atoms with E-state index in [1.807, 2.05) is 6.79 Å². The van der Waals surface area contributed by atoms with Crippen molar-refractivity contribution in [3.05, 3.63) is 12.7 Å². The van der Waals surface area contributed by atoms with Gasteiger partial charge in [0.1, 0.15) is 6.79 Å². The van der Waals surface area contributed by atoms with Crippen LogP contribution in [0.4, 0.5) is 0 Å². The molecule has 10 heavy (non-hydrogen) atoms. The van der Waals surface area contributed by atoms with Crippen molar-refractivity contribution in [2.24, 2.45) is 0 Å². The van der Waals surface area contributed by atoms with Gasteiger partial charge in [0.25, 0.3) is 0 Å². The smallest absolute Gasteiger partial charge is 0.373 e. The zero-order chi connectivity index (χ0) is 8.99. The number of carboxylic acids is 1. The van der Waals surface area contributed by atoms with E-state index in [1.165, 1.54) is 0 Å². The lowest BCUT2D eigenvalue weighted by molar-refractivity contribution is -0.191. The fourth-order valence-corrected chi connectivity index (χ4v) is 0. The van der Waals surface area contributed by atoms with Crippen molar-refractivity contribution in [1.82, 2.24) is 0 Å². The fraction of sp³-hybridized carbons (Fsp3) is 0. The maximum Gasteiger partial charge on any atom is 0.373 e. The third kappa shape index (κ3) is 2560. The molecule has 0 radical (unpaired) electrons. The number of hydrogen-bond acceptors (Lipinski definition) is 4. The van der Waals surface area contributed by atoms with Gasteiger partial charge < -0.3 is 9.90 Å². The molecule has 56 valence electrons. The molecular weight excluding hydrogens is 140 g/mol. The highest BCUT2D eigenvalue weighted by Gasteiger charge is 1.73. The van der Waals surface area contributed by atoms with Crippen LogP contribution in [0.15, 0.2) is 12.7 Å². The largest absolute Gasteiger partial charge is 0.478 e. The first-order valence-electron chi connectivity index (χ1n) is 1.82. The molecule has 0 fully saturated rings. The Hall–Kier alpha value is -1.74.